The molecular formula is C36H32O15. The molecule has 4 aliphatic heterocycles. The van der Waals surface area contributed by atoms with Crippen molar-refractivity contribution in [2.75, 3.05) is 6.61 Å². The molecule has 0 amide bonds. The average Bonchev–Trinajstić information content (AvgIpc) is 3.58. The van der Waals surface area contributed by atoms with Gasteiger partial charge in [0.05, 0.1) is 23.8 Å². The molecule has 266 valence electrons. The van der Waals surface area contributed by atoms with Crippen LogP contribution in [0.2, 0.25) is 0 Å². The van der Waals surface area contributed by atoms with E-state index in [0.29, 0.717) is 11.1 Å². The second-order valence-corrected chi connectivity index (χ2v) is 13.0. The van der Waals surface area contributed by atoms with Gasteiger partial charge in [-0.25, -0.2) is 0 Å². The van der Waals surface area contributed by atoms with Crippen LogP contribution in [0.3, 0.4) is 0 Å². The number of hydrogen-bond donors (Lipinski definition) is 10. The summed E-state index contributed by atoms with van der Waals surface area (Å²) in [6, 6.07) is 13.8. The molecular weight excluding hydrogens is 672 g/mol. The minimum Gasteiger partial charge on any atom is -0.508 e. The van der Waals surface area contributed by atoms with Gasteiger partial charge in [-0.3, -0.25) is 4.79 Å². The van der Waals surface area contributed by atoms with E-state index in [0.717, 1.165) is 6.07 Å². The lowest BCUT2D eigenvalue weighted by Crippen LogP contribution is -2.55. The van der Waals surface area contributed by atoms with Gasteiger partial charge in [-0.15, -0.1) is 0 Å². The lowest BCUT2D eigenvalue weighted by Gasteiger charge is -2.40. The largest absolute Gasteiger partial charge is 0.508 e. The van der Waals surface area contributed by atoms with E-state index in [-0.39, 0.29) is 52.0 Å². The smallest absolute Gasteiger partial charge is 0.244 e. The summed E-state index contributed by atoms with van der Waals surface area (Å²) in [6.07, 6.45) is -12.4. The highest BCUT2D eigenvalue weighted by Gasteiger charge is 2.65. The molecule has 0 aliphatic carbocycles. The topological polar surface area (TPSA) is 256 Å². The number of ketones is 1. The number of aliphatic hydroxyl groups excluding tert-OH is 5. The van der Waals surface area contributed by atoms with Gasteiger partial charge in [0, 0.05) is 24.1 Å². The Bertz CT molecular complexity index is 2050. The van der Waals surface area contributed by atoms with Gasteiger partial charge in [-0.05, 0) is 35.4 Å². The zero-order valence-electron chi connectivity index (χ0n) is 26.3. The number of carbonyl (C=O) groups is 1. The van der Waals surface area contributed by atoms with Crippen LogP contribution < -0.4 is 14.2 Å². The molecule has 0 aromatic heterocycles. The van der Waals surface area contributed by atoms with E-state index < -0.39 is 89.4 Å². The van der Waals surface area contributed by atoms with Crippen molar-refractivity contribution in [3.05, 3.63) is 94.0 Å². The van der Waals surface area contributed by atoms with Crippen LogP contribution in [-0.2, 0) is 16.8 Å². The maximum absolute atomic E-state index is 15.0. The minimum absolute atomic E-state index is 0.0152. The van der Waals surface area contributed by atoms with Crippen LogP contribution in [0.4, 0.5) is 0 Å². The second kappa shape index (κ2) is 11.6. The molecule has 15 nitrogen and oxygen atoms in total. The van der Waals surface area contributed by atoms with Crippen molar-refractivity contribution in [1.29, 1.82) is 0 Å². The zero-order chi connectivity index (χ0) is 36.1. The van der Waals surface area contributed by atoms with Gasteiger partial charge >= 0.3 is 0 Å². The quantitative estimate of drug-likeness (QED) is 0.144. The van der Waals surface area contributed by atoms with E-state index in [1.807, 2.05) is 0 Å². The molecule has 15 heteroatoms. The predicted molar refractivity (Wildman–Crippen MR) is 170 cm³/mol. The van der Waals surface area contributed by atoms with Gasteiger partial charge in [0.2, 0.25) is 11.4 Å². The molecule has 1 saturated heterocycles. The lowest BCUT2D eigenvalue weighted by molar-refractivity contribution is -0.232. The van der Waals surface area contributed by atoms with E-state index in [2.05, 4.69) is 0 Å². The Labute approximate surface area is 288 Å². The van der Waals surface area contributed by atoms with Crippen molar-refractivity contribution in [2.45, 2.75) is 60.9 Å². The number of carbonyl (C=O) groups excluding carboxylic acids is 1. The fourth-order valence-corrected chi connectivity index (χ4v) is 7.51. The maximum Gasteiger partial charge on any atom is 0.244 e. The number of phenols is 5. The molecule has 4 aromatic rings. The number of Topliss-reactive ketones (excluding diaryl/α,β-unsaturated/α-hetero) is 1. The van der Waals surface area contributed by atoms with Gasteiger partial charge in [-0.2, -0.15) is 0 Å². The summed E-state index contributed by atoms with van der Waals surface area (Å²) in [5.74, 6) is -3.40. The van der Waals surface area contributed by atoms with Gasteiger partial charge in [0.15, 0.2) is 6.10 Å². The number of rotatable bonds is 4. The third-order valence-corrected chi connectivity index (χ3v) is 10.0. The van der Waals surface area contributed by atoms with E-state index in [1.54, 1.807) is 0 Å². The molecule has 4 heterocycles. The van der Waals surface area contributed by atoms with Gasteiger partial charge in [0.1, 0.15) is 88.2 Å². The van der Waals surface area contributed by atoms with Crippen LogP contribution in [0.25, 0.3) is 0 Å². The van der Waals surface area contributed by atoms with Crippen LogP contribution in [0.1, 0.15) is 56.5 Å². The Morgan fingerprint density at radius 3 is 2.00 bits per heavy atom. The molecule has 0 bridgehead atoms. The first-order valence-electron chi connectivity index (χ1n) is 16.0. The lowest BCUT2D eigenvalue weighted by atomic mass is 9.78. The summed E-state index contributed by atoms with van der Waals surface area (Å²) in [5.41, 5.74) is -2.37. The Kier molecular flexibility index (Phi) is 7.50. The van der Waals surface area contributed by atoms with Crippen molar-refractivity contribution in [1.82, 2.24) is 0 Å². The van der Waals surface area contributed by atoms with E-state index in [4.69, 9.17) is 18.9 Å². The highest BCUT2D eigenvalue weighted by atomic mass is 16.6. The van der Waals surface area contributed by atoms with Gasteiger partial charge in [-0.1, -0.05) is 24.3 Å². The SMILES string of the molecule is O=C1c2c(cc(O)c([C@@H]3O[C@@H](CO)[C@@H](O)[C@@H](O)[C@H]3O)c2O)O[C@@]12c1c(cc(O)c3c1O[C@H](c1ccc(O)cc1)[C@@H](O)C3)O[C@H]2c1ccc(O)cc1. The molecule has 4 aliphatic rings. The van der Waals surface area contributed by atoms with Crippen molar-refractivity contribution >= 4 is 5.78 Å². The molecule has 4 aromatic carbocycles. The van der Waals surface area contributed by atoms with Crippen LogP contribution in [0.15, 0.2) is 60.7 Å². The molecule has 9 atom stereocenters. The van der Waals surface area contributed by atoms with Crippen molar-refractivity contribution in [3.8, 4) is 46.0 Å². The monoisotopic (exact) mass is 704 g/mol. The summed E-state index contributed by atoms with van der Waals surface area (Å²) < 4.78 is 24.7. The summed E-state index contributed by atoms with van der Waals surface area (Å²) in [4.78, 5) is 15.0. The van der Waals surface area contributed by atoms with E-state index in [9.17, 15) is 51.1 Å². The number of hydrogen-bond acceptors (Lipinski definition) is 15. The average molecular weight is 705 g/mol. The Balaban J connectivity index is 1.31. The number of fused-ring (bicyclic) bond motifs is 5. The molecule has 1 spiro atoms. The fraction of sp³-hybridized carbons (Fsp3) is 0.306. The summed E-state index contributed by atoms with van der Waals surface area (Å²) in [7, 11) is 0. The summed E-state index contributed by atoms with van der Waals surface area (Å²) in [6.45, 7) is -0.792. The first-order chi connectivity index (χ1) is 24.3. The molecule has 0 saturated carbocycles. The summed E-state index contributed by atoms with van der Waals surface area (Å²) >= 11 is 0. The molecule has 10 N–H and O–H groups in total. The predicted octanol–water partition coefficient (Wildman–Crippen LogP) is 1.37. The normalized spacial score (nSPS) is 30.6. The standard InChI is InChI=1S/C36H32O15/c37-12-23-27(43)29(45)30(46)33(48-23)24-19(41)11-21-25(28(24)44)34(47)36(51-21)26-22(49-35(36)14-3-7-16(39)8-4-14)10-18(40)17-9-20(42)31(50-32(17)26)13-1-5-15(38)6-2-13/h1-8,10-11,20,23,27,29-31,33,35,37-46H,9,12H2/t20-,23-,27+,29+,30+,31+,33-,35-,36-/m0/s1. The third kappa shape index (κ3) is 4.70. The highest BCUT2D eigenvalue weighted by Crippen LogP contribution is 2.64. The number of aromatic hydroxyl groups is 5. The van der Waals surface area contributed by atoms with Crippen molar-refractivity contribution < 1.29 is 74.8 Å². The number of benzene rings is 4. The van der Waals surface area contributed by atoms with E-state index >= 15 is 4.79 Å². The van der Waals surface area contributed by atoms with Crippen LogP contribution in [0.5, 0.6) is 46.0 Å². The number of aliphatic hydroxyl groups is 5. The van der Waals surface area contributed by atoms with Crippen LogP contribution in [0, 0.1) is 0 Å². The Morgan fingerprint density at radius 2 is 1.35 bits per heavy atom. The molecule has 0 unspecified atom stereocenters. The Morgan fingerprint density at radius 1 is 0.725 bits per heavy atom. The number of ether oxygens (including phenoxy) is 4. The second-order valence-electron chi connectivity index (χ2n) is 13.0. The fourth-order valence-electron chi connectivity index (χ4n) is 7.51. The molecule has 0 radical (unpaired) electrons. The van der Waals surface area contributed by atoms with Crippen molar-refractivity contribution in [3.63, 3.8) is 0 Å². The summed E-state index contributed by atoms with van der Waals surface area (Å²) in [5, 5.41) is 106. The molecule has 51 heavy (non-hydrogen) atoms. The van der Waals surface area contributed by atoms with Gasteiger partial charge in [0.25, 0.3) is 0 Å². The molecule has 8 rings (SSSR count). The zero-order valence-corrected chi connectivity index (χ0v) is 26.3. The maximum atomic E-state index is 15.0. The van der Waals surface area contributed by atoms with Crippen molar-refractivity contribution in [2.24, 2.45) is 0 Å². The molecule has 1 fully saturated rings. The number of phenolic OH excluding ortho intramolecular Hbond substituents is 5. The van der Waals surface area contributed by atoms with Crippen LogP contribution in [-0.4, -0.2) is 94.0 Å². The third-order valence-electron chi connectivity index (χ3n) is 10.0. The highest BCUT2D eigenvalue weighted by molar-refractivity contribution is 6.12. The van der Waals surface area contributed by atoms with Gasteiger partial charge < -0.3 is 70.0 Å². The first-order valence-corrected chi connectivity index (χ1v) is 16.0. The first kappa shape index (κ1) is 32.9. The minimum atomic E-state index is -2.23. The van der Waals surface area contributed by atoms with Crippen LogP contribution >= 0.6 is 0 Å². The van der Waals surface area contributed by atoms with E-state index in [1.165, 1.54) is 54.6 Å². The Hall–Kier alpha value is -5.29.